The first-order chi connectivity index (χ1) is 13.2. The van der Waals surface area contributed by atoms with Gasteiger partial charge in [0.25, 0.3) is 5.91 Å². The van der Waals surface area contributed by atoms with E-state index in [-0.39, 0.29) is 17.7 Å². The fourth-order valence-corrected chi connectivity index (χ4v) is 2.86. The monoisotopic (exact) mass is 364 g/mol. The summed E-state index contributed by atoms with van der Waals surface area (Å²) in [7, 11) is 0. The van der Waals surface area contributed by atoms with Crippen LogP contribution in [0.1, 0.15) is 41.6 Å². The summed E-state index contributed by atoms with van der Waals surface area (Å²) in [6, 6.07) is 14.7. The highest BCUT2D eigenvalue weighted by Crippen LogP contribution is 2.30. The number of rotatable bonds is 8. The zero-order valence-corrected chi connectivity index (χ0v) is 15.2. The second-order valence-electron chi connectivity index (χ2n) is 7.45. The van der Waals surface area contributed by atoms with Crippen LogP contribution < -0.4 is 10.6 Å². The molecule has 2 fully saturated rings. The Labute approximate surface area is 159 Å². The third-order valence-corrected chi connectivity index (χ3v) is 4.87. The zero-order chi connectivity index (χ0) is 18.6. The number of benzene rings is 2. The van der Waals surface area contributed by atoms with Gasteiger partial charge in [-0.25, -0.2) is 0 Å². The molecule has 2 aromatic carbocycles. The maximum absolute atomic E-state index is 12.5. The molecule has 0 spiro atoms. The van der Waals surface area contributed by atoms with Crippen LogP contribution in [0.15, 0.2) is 48.5 Å². The molecule has 2 aliphatic rings. The highest BCUT2D eigenvalue weighted by atomic mass is 16.5. The zero-order valence-electron chi connectivity index (χ0n) is 15.2. The van der Waals surface area contributed by atoms with Gasteiger partial charge in [0.05, 0.1) is 6.61 Å². The van der Waals surface area contributed by atoms with Crippen molar-refractivity contribution in [1.82, 2.24) is 0 Å². The predicted octanol–water partition coefficient (Wildman–Crippen LogP) is 4.21. The molecule has 0 aliphatic heterocycles. The molecule has 2 aliphatic carbocycles. The summed E-state index contributed by atoms with van der Waals surface area (Å²) in [5.41, 5.74) is 3.07. The Morgan fingerprint density at radius 2 is 1.70 bits per heavy atom. The van der Waals surface area contributed by atoms with Crippen LogP contribution in [0.4, 0.5) is 11.4 Å². The first kappa shape index (κ1) is 17.7. The molecule has 0 heterocycles. The molecule has 5 heteroatoms. The van der Waals surface area contributed by atoms with Crippen LogP contribution in [0, 0.1) is 11.8 Å². The summed E-state index contributed by atoms with van der Waals surface area (Å²) >= 11 is 0. The van der Waals surface area contributed by atoms with Crippen LogP contribution in [0.2, 0.25) is 0 Å². The van der Waals surface area contributed by atoms with Crippen LogP contribution in [-0.4, -0.2) is 18.4 Å². The van der Waals surface area contributed by atoms with E-state index in [1.807, 2.05) is 24.3 Å². The Bertz CT molecular complexity index is 824. The van der Waals surface area contributed by atoms with E-state index in [2.05, 4.69) is 10.6 Å². The molecule has 2 N–H and O–H groups in total. The minimum Gasteiger partial charge on any atom is -0.376 e. The van der Waals surface area contributed by atoms with E-state index in [9.17, 15) is 9.59 Å². The number of ether oxygens (including phenoxy) is 1. The van der Waals surface area contributed by atoms with E-state index in [0.29, 0.717) is 12.2 Å². The predicted molar refractivity (Wildman–Crippen MR) is 105 cm³/mol. The third kappa shape index (κ3) is 5.17. The Kier molecular flexibility index (Phi) is 5.21. The number of carbonyl (C=O) groups excluding carboxylic acids is 2. The lowest BCUT2D eigenvalue weighted by atomic mass is 10.1. The molecule has 2 saturated carbocycles. The number of hydrogen-bond acceptors (Lipinski definition) is 3. The van der Waals surface area contributed by atoms with Crippen molar-refractivity contribution in [2.75, 3.05) is 17.2 Å². The molecule has 0 radical (unpaired) electrons. The Hall–Kier alpha value is -2.66. The van der Waals surface area contributed by atoms with Gasteiger partial charge in [-0.15, -0.1) is 0 Å². The highest BCUT2D eigenvalue weighted by molar-refractivity contribution is 6.04. The fraction of sp³-hybridized carbons (Fsp3) is 0.364. The van der Waals surface area contributed by atoms with E-state index in [0.717, 1.165) is 42.3 Å². The van der Waals surface area contributed by atoms with Gasteiger partial charge in [0, 0.05) is 29.5 Å². The second kappa shape index (κ2) is 7.92. The SMILES string of the molecule is O=C(Nc1cccc(COCC2CC2)c1)c1ccc(NC(=O)C2CC2)cc1. The fourth-order valence-electron chi connectivity index (χ4n) is 2.86. The first-order valence-corrected chi connectivity index (χ1v) is 9.56. The topological polar surface area (TPSA) is 67.4 Å². The summed E-state index contributed by atoms with van der Waals surface area (Å²) in [6.45, 7) is 1.38. The minimum atomic E-state index is -0.175. The number of amides is 2. The van der Waals surface area contributed by atoms with Gasteiger partial charge in [-0.3, -0.25) is 9.59 Å². The van der Waals surface area contributed by atoms with E-state index >= 15 is 0 Å². The average molecular weight is 364 g/mol. The number of carbonyl (C=O) groups is 2. The van der Waals surface area contributed by atoms with Gasteiger partial charge in [-0.2, -0.15) is 0 Å². The van der Waals surface area contributed by atoms with Gasteiger partial charge in [0.2, 0.25) is 5.91 Å². The van der Waals surface area contributed by atoms with Crippen LogP contribution in [0.25, 0.3) is 0 Å². The Balaban J connectivity index is 1.31. The highest BCUT2D eigenvalue weighted by Gasteiger charge is 2.29. The van der Waals surface area contributed by atoms with Crippen LogP contribution in [0.5, 0.6) is 0 Å². The number of anilines is 2. The Morgan fingerprint density at radius 1 is 0.926 bits per heavy atom. The van der Waals surface area contributed by atoms with E-state index in [4.69, 9.17) is 4.74 Å². The molecule has 5 nitrogen and oxygen atoms in total. The summed E-state index contributed by atoms with van der Waals surface area (Å²) in [4.78, 5) is 24.2. The number of nitrogens with one attached hydrogen (secondary N) is 2. The lowest BCUT2D eigenvalue weighted by Crippen LogP contribution is -2.14. The van der Waals surface area contributed by atoms with Crippen molar-refractivity contribution in [2.45, 2.75) is 32.3 Å². The van der Waals surface area contributed by atoms with Gasteiger partial charge >= 0.3 is 0 Å². The quantitative estimate of drug-likeness (QED) is 0.737. The third-order valence-electron chi connectivity index (χ3n) is 4.87. The lowest BCUT2D eigenvalue weighted by molar-refractivity contribution is -0.117. The largest absolute Gasteiger partial charge is 0.376 e. The minimum absolute atomic E-state index is 0.0629. The summed E-state index contributed by atoms with van der Waals surface area (Å²) in [5.74, 6) is 0.789. The molecule has 0 aromatic heterocycles. The van der Waals surface area contributed by atoms with E-state index in [1.54, 1.807) is 24.3 Å². The van der Waals surface area contributed by atoms with Gasteiger partial charge < -0.3 is 15.4 Å². The Morgan fingerprint density at radius 3 is 2.41 bits per heavy atom. The molecule has 140 valence electrons. The molecule has 4 rings (SSSR count). The molecule has 0 saturated heterocycles. The van der Waals surface area contributed by atoms with Crippen molar-refractivity contribution in [1.29, 1.82) is 0 Å². The molecular formula is C22H24N2O3. The van der Waals surface area contributed by atoms with Crippen molar-refractivity contribution in [3.05, 3.63) is 59.7 Å². The average Bonchev–Trinajstić information content (AvgIpc) is 3.56. The maximum atomic E-state index is 12.5. The van der Waals surface area contributed by atoms with E-state index in [1.165, 1.54) is 12.8 Å². The van der Waals surface area contributed by atoms with Crippen molar-refractivity contribution in [2.24, 2.45) is 11.8 Å². The first-order valence-electron chi connectivity index (χ1n) is 9.56. The van der Waals surface area contributed by atoms with Crippen LogP contribution in [-0.2, 0) is 16.1 Å². The number of hydrogen-bond donors (Lipinski definition) is 2. The molecular weight excluding hydrogens is 340 g/mol. The summed E-state index contributed by atoms with van der Waals surface area (Å²) < 4.78 is 5.71. The van der Waals surface area contributed by atoms with Gasteiger partial charge in [0.1, 0.15) is 0 Å². The normalized spacial score (nSPS) is 16.0. The lowest BCUT2D eigenvalue weighted by Gasteiger charge is -2.09. The van der Waals surface area contributed by atoms with Crippen molar-refractivity contribution in [3.63, 3.8) is 0 Å². The molecule has 0 bridgehead atoms. The van der Waals surface area contributed by atoms with Gasteiger partial charge in [-0.1, -0.05) is 12.1 Å². The smallest absolute Gasteiger partial charge is 0.255 e. The summed E-state index contributed by atoms with van der Waals surface area (Å²) in [5, 5.41) is 5.79. The van der Waals surface area contributed by atoms with Crippen molar-refractivity contribution in [3.8, 4) is 0 Å². The van der Waals surface area contributed by atoms with E-state index < -0.39 is 0 Å². The second-order valence-corrected chi connectivity index (χ2v) is 7.45. The van der Waals surface area contributed by atoms with Gasteiger partial charge in [-0.05, 0) is 73.6 Å². The van der Waals surface area contributed by atoms with Crippen LogP contribution >= 0.6 is 0 Å². The molecule has 2 aromatic rings. The summed E-state index contributed by atoms with van der Waals surface area (Å²) in [6.07, 6.45) is 4.49. The standard InChI is InChI=1S/C22H24N2O3/c25-21(17-6-7-17)23-19-10-8-18(9-11-19)22(26)24-20-3-1-2-16(12-20)14-27-13-15-4-5-15/h1-3,8-12,15,17H,4-7,13-14H2,(H,23,25)(H,24,26). The van der Waals surface area contributed by atoms with Crippen molar-refractivity contribution >= 4 is 23.2 Å². The molecule has 27 heavy (non-hydrogen) atoms. The molecule has 2 amide bonds. The van der Waals surface area contributed by atoms with Crippen LogP contribution in [0.3, 0.4) is 0 Å². The van der Waals surface area contributed by atoms with Crippen molar-refractivity contribution < 1.29 is 14.3 Å². The molecule has 0 atom stereocenters. The maximum Gasteiger partial charge on any atom is 0.255 e. The van der Waals surface area contributed by atoms with Gasteiger partial charge in [0.15, 0.2) is 0 Å². The molecule has 0 unspecified atom stereocenters.